The first-order chi connectivity index (χ1) is 13.2. The molecule has 2 atom stereocenters. The van der Waals surface area contributed by atoms with Crippen LogP contribution in [0.4, 0.5) is 5.69 Å². The van der Waals surface area contributed by atoms with Crippen LogP contribution in [0.2, 0.25) is 10.0 Å². The number of hydrogen-bond acceptors (Lipinski definition) is 2. The molecule has 152 valence electrons. The van der Waals surface area contributed by atoms with Gasteiger partial charge in [-0.1, -0.05) is 45.2 Å². The van der Waals surface area contributed by atoms with Crippen LogP contribution in [0.5, 0.6) is 0 Å². The Labute approximate surface area is 184 Å². The number of nitrogens with one attached hydrogen (secondary N) is 1. The minimum atomic E-state index is -0.298. The predicted octanol–water partition coefficient (Wildman–Crippen LogP) is 5.51. The number of rotatable bonds is 5. The molecule has 4 aliphatic rings. The SMILES string of the molecule is CN(CC(=O)Nc1c(Cl)cccc1Cl)C(=O)CC12CC3CC(CC(Br)(C3)C1)C2. The van der Waals surface area contributed by atoms with E-state index < -0.39 is 0 Å². The molecule has 4 fully saturated rings. The average Bonchev–Trinajstić information content (AvgIpc) is 2.55. The number of alkyl halides is 1. The number of benzene rings is 1. The molecule has 1 aromatic rings. The highest BCUT2D eigenvalue weighted by Crippen LogP contribution is 2.65. The van der Waals surface area contributed by atoms with Gasteiger partial charge >= 0.3 is 0 Å². The lowest BCUT2D eigenvalue weighted by atomic mass is 9.48. The Morgan fingerprint density at radius 1 is 1.18 bits per heavy atom. The Morgan fingerprint density at radius 2 is 1.79 bits per heavy atom. The van der Waals surface area contributed by atoms with Crippen molar-refractivity contribution in [2.24, 2.45) is 17.3 Å². The van der Waals surface area contributed by atoms with Crippen LogP contribution >= 0.6 is 39.1 Å². The minimum absolute atomic E-state index is 0.0111. The topological polar surface area (TPSA) is 49.4 Å². The molecular formula is C21H25BrCl2N2O2. The zero-order chi connectivity index (χ0) is 20.1. The van der Waals surface area contributed by atoms with Gasteiger partial charge in [0.1, 0.15) is 0 Å². The summed E-state index contributed by atoms with van der Waals surface area (Å²) in [6.07, 6.45) is 7.72. The van der Waals surface area contributed by atoms with Gasteiger partial charge in [0.15, 0.2) is 0 Å². The van der Waals surface area contributed by atoms with Crippen molar-refractivity contribution in [2.45, 2.75) is 49.3 Å². The molecule has 0 spiro atoms. The molecule has 0 saturated heterocycles. The van der Waals surface area contributed by atoms with Crippen molar-refractivity contribution in [3.8, 4) is 0 Å². The van der Waals surface area contributed by atoms with Crippen molar-refractivity contribution >= 4 is 56.6 Å². The maximum Gasteiger partial charge on any atom is 0.244 e. The van der Waals surface area contributed by atoms with Gasteiger partial charge in [-0.3, -0.25) is 9.59 Å². The zero-order valence-electron chi connectivity index (χ0n) is 15.9. The number of carbonyl (C=O) groups is 2. The van der Waals surface area contributed by atoms with E-state index in [-0.39, 0.29) is 28.1 Å². The quantitative estimate of drug-likeness (QED) is 0.556. The highest BCUT2D eigenvalue weighted by Gasteiger charge is 2.57. The summed E-state index contributed by atoms with van der Waals surface area (Å²) in [7, 11) is 1.69. The van der Waals surface area contributed by atoms with E-state index in [0.29, 0.717) is 22.2 Å². The fraction of sp³-hybridized carbons (Fsp3) is 0.619. The van der Waals surface area contributed by atoms with Gasteiger partial charge in [0, 0.05) is 17.8 Å². The lowest BCUT2D eigenvalue weighted by Gasteiger charge is -2.60. The van der Waals surface area contributed by atoms with Crippen LogP contribution in [-0.2, 0) is 9.59 Å². The summed E-state index contributed by atoms with van der Waals surface area (Å²) in [6, 6.07) is 5.06. The van der Waals surface area contributed by atoms with Gasteiger partial charge in [0.25, 0.3) is 0 Å². The average molecular weight is 488 g/mol. The van der Waals surface area contributed by atoms with Crippen LogP contribution in [0.25, 0.3) is 0 Å². The molecule has 2 unspecified atom stereocenters. The van der Waals surface area contributed by atoms with Crippen LogP contribution in [0.1, 0.15) is 44.9 Å². The number of amides is 2. The fourth-order valence-electron chi connectivity index (χ4n) is 6.10. The maximum absolute atomic E-state index is 12.9. The third kappa shape index (κ3) is 4.08. The van der Waals surface area contributed by atoms with Gasteiger partial charge in [-0.25, -0.2) is 0 Å². The Hall–Kier alpha value is -0.780. The molecule has 4 aliphatic carbocycles. The van der Waals surface area contributed by atoms with Crippen molar-refractivity contribution in [3.63, 3.8) is 0 Å². The number of anilines is 1. The second kappa shape index (κ2) is 7.48. The van der Waals surface area contributed by atoms with E-state index >= 15 is 0 Å². The highest BCUT2D eigenvalue weighted by molar-refractivity contribution is 9.10. The van der Waals surface area contributed by atoms with Gasteiger partial charge in [-0.05, 0) is 67.9 Å². The lowest BCUT2D eigenvalue weighted by molar-refractivity contribution is -0.139. The highest BCUT2D eigenvalue weighted by atomic mass is 79.9. The third-order valence-electron chi connectivity index (χ3n) is 6.67. The summed E-state index contributed by atoms with van der Waals surface area (Å²) < 4.78 is 0.230. The summed E-state index contributed by atoms with van der Waals surface area (Å²) in [5, 5.41) is 3.49. The van der Waals surface area contributed by atoms with E-state index in [1.165, 1.54) is 24.2 Å². The molecule has 4 nitrogen and oxygen atoms in total. The molecule has 7 heteroatoms. The number of likely N-dealkylation sites (N-methyl/N-ethyl adjacent to an activating group) is 1. The summed E-state index contributed by atoms with van der Waals surface area (Å²) in [5.74, 6) is 1.22. The molecule has 2 amide bonds. The molecule has 0 radical (unpaired) electrons. The van der Waals surface area contributed by atoms with Crippen LogP contribution in [0.3, 0.4) is 0 Å². The molecule has 0 aliphatic heterocycles. The van der Waals surface area contributed by atoms with E-state index in [1.54, 1.807) is 25.2 Å². The summed E-state index contributed by atoms with van der Waals surface area (Å²) >= 11 is 16.2. The molecular weight excluding hydrogens is 463 g/mol. The van der Waals surface area contributed by atoms with E-state index in [9.17, 15) is 9.59 Å². The maximum atomic E-state index is 12.9. The normalized spacial score (nSPS) is 33.0. The number of nitrogens with zero attached hydrogens (tertiary/aromatic N) is 1. The second-order valence-corrected chi connectivity index (χ2v) is 11.7. The molecule has 1 N–H and O–H groups in total. The fourth-order valence-corrected chi connectivity index (χ4v) is 8.10. The van der Waals surface area contributed by atoms with Crippen LogP contribution in [0.15, 0.2) is 18.2 Å². The van der Waals surface area contributed by atoms with E-state index in [2.05, 4.69) is 21.2 Å². The number of carbonyl (C=O) groups excluding carboxylic acids is 2. The van der Waals surface area contributed by atoms with Gasteiger partial charge in [-0.15, -0.1) is 0 Å². The smallest absolute Gasteiger partial charge is 0.244 e. The first-order valence-electron chi connectivity index (χ1n) is 9.84. The predicted molar refractivity (Wildman–Crippen MR) is 116 cm³/mol. The summed E-state index contributed by atoms with van der Waals surface area (Å²) in [6.45, 7) is -0.0111. The van der Waals surface area contributed by atoms with Gasteiger partial charge in [0.2, 0.25) is 11.8 Å². The van der Waals surface area contributed by atoms with E-state index in [0.717, 1.165) is 31.1 Å². The van der Waals surface area contributed by atoms with Crippen molar-refractivity contribution < 1.29 is 9.59 Å². The summed E-state index contributed by atoms with van der Waals surface area (Å²) in [4.78, 5) is 26.9. The van der Waals surface area contributed by atoms with Gasteiger partial charge < -0.3 is 10.2 Å². The number of para-hydroxylation sites is 1. The van der Waals surface area contributed by atoms with Crippen LogP contribution in [0, 0.1) is 17.3 Å². The van der Waals surface area contributed by atoms with Crippen molar-refractivity contribution in [1.82, 2.24) is 4.90 Å². The number of halogens is 3. The van der Waals surface area contributed by atoms with Crippen molar-refractivity contribution in [2.75, 3.05) is 18.9 Å². The van der Waals surface area contributed by atoms with Crippen LogP contribution < -0.4 is 5.32 Å². The Bertz CT molecular complexity index is 781. The summed E-state index contributed by atoms with van der Waals surface area (Å²) in [5.41, 5.74) is 0.487. The molecule has 1 aromatic carbocycles. The van der Waals surface area contributed by atoms with E-state index in [1.807, 2.05) is 0 Å². The second-order valence-electron chi connectivity index (χ2n) is 9.18. The molecule has 5 rings (SSSR count). The first kappa shape index (κ1) is 20.5. The molecule has 4 saturated carbocycles. The first-order valence-corrected chi connectivity index (χ1v) is 11.4. The van der Waals surface area contributed by atoms with Crippen molar-refractivity contribution in [3.05, 3.63) is 28.2 Å². The minimum Gasteiger partial charge on any atom is -0.336 e. The van der Waals surface area contributed by atoms with Crippen LogP contribution in [-0.4, -0.2) is 34.6 Å². The standard InChI is InChI=1S/C21H25BrCl2N2O2/c1-26(11-17(27)25-19-15(23)3-2-4-16(19)24)18(28)10-20-6-13-5-14(7-20)9-21(22,8-13)12-20/h2-4,13-14H,5-12H2,1H3,(H,25,27). The largest absolute Gasteiger partial charge is 0.336 e. The zero-order valence-corrected chi connectivity index (χ0v) is 19.0. The molecule has 0 aromatic heterocycles. The van der Waals surface area contributed by atoms with Gasteiger partial charge in [0.05, 0.1) is 22.3 Å². The molecule has 0 heterocycles. The van der Waals surface area contributed by atoms with Crippen molar-refractivity contribution in [1.29, 1.82) is 0 Å². The third-order valence-corrected chi connectivity index (χ3v) is 8.23. The number of hydrogen-bond donors (Lipinski definition) is 1. The Balaban J connectivity index is 1.37. The van der Waals surface area contributed by atoms with Gasteiger partial charge in [-0.2, -0.15) is 0 Å². The molecule has 28 heavy (non-hydrogen) atoms. The molecule has 4 bridgehead atoms. The van der Waals surface area contributed by atoms with E-state index in [4.69, 9.17) is 23.2 Å². The Kier molecular flexibility index (Phi) is 5.47. The Morgan fingerprint density at radius 3 is 2.36 bits per heavy atom. The lowest BCUT2D eigenvalue weighted by Crippen LogP contribution is -2.54. The monoisotopic (exact) mass is 486 g/mol.